The van der Waals surface area contributed by atoms with Gasteiger partial charge >= 0.3 is 0 Å². The minimum Gasteiger partial charge on any atom is -0.122 e. The van der Waals surface area contributed by atoms with Gasteiger partial charge in [0.25, 0.3) is 0 Å². The molecule has 0 nitrogen and oxygen atoms in total. The first kappa shape index (κ1) is 17.4. The van der Waals surface area contributed by atoms with E-state index in [9.17, 15) is 0 Å². The molecule has 0 heterocycles. The van der Waals surface area contributed by atoms with Crippen molar-refractivity contribution in [2.24, 2.45) is 0 Å². The zero-order chi connectivity index (χ0) is 17.1. The van der Waals surface area contributed by atoms with Crippen molar-refractivity contribution in [3.8, 4) is 11.1 Å². The highest BCUT2D eigenvalue weighted by Gasteiger charge is 2.15. The molecule has 0 N–H and O–H groups in total. The maximum absolute atomic E-state index is 2.27. The lowest BCUT2D eigenvalue weighted by Gasteiger charge is -2.18. The summed E-state index contributed by atoms with van der Waals surface area (Å²) in [6.07, 6.45) is 0. The second-order valence-electron chi connectivity index (χ2n) is 6.49. The summed E-state index contributed by atoms with van der Waals surface area (Å²) >= 11 is 3.94. The van der Waals surface area contributed by atoms with Crippen LogP contribution in [0.1, 0.15) is 27.7 Å². The highest BCUT2D eigenvalue weighted by molar-refractivity contribution is 8.03. The smallest absolute Gasteiger partial charge is 0.0289 e. The third-order valence-corrected chi connectivity index (χ3v) is 6.12. The van der Waals surface area contributed by atoms with Crippen LogP contribution in [0.3, 0.4) is 0 Å². The van der Waals surface area contributed by atoms with E-state index in [1.54, 1.807) is 0 Å². The van der Waals surface area contributed by atoms with Crippen LogP contribution in [0.2, 0.25) is 0 Å². The van der Waals surface area contributed by atoms with Gasteiger partial charge in [-0.3, -0.25) is 0 Å². The van der Waals surface area contributed by atoms with Crippen LogP contribution in [-0.2, 0) is 0 Å². The Morgan fingerprint density at radius 3 is 2.00 bits per heavy atom. The van der Waals surface area contributed by atoms with Crippen molar-refractivity contribution in [1.29, 1.82) is 0 Å². The molecule has 0 aromatic heterocycles. The summed E-state index contributed by atoms with van der Waals surface area (Å²) in [7, 11) is 0. The number of benzene rings is 3. The minimum absolute atomic E-state index is 0.563. The molecule has 0 aliphatic rings. The van der Waals surface area contributed by atoms with Gasteiger partial charge in [0.05, 0.1) is 0 Å². The van der Waals surface area contributed by atoms with Crippen LogP contribution in [0.25, 0.3) is 21.9 Å². The summed E-state index contributed by atoms with van der Waals surface area (Å²) in [4.78, 5) is 2.82. The molecule has 0 unspecified atom stereocenters. The van der Waals surface area contributed by atoms with Crippen molar-refractivity contribution in [1.82, 2.24) is 0 Å². The van der Waals surface area contributed by atoms with E-state index in [0.717, 1.165) is 0 Å². The lowest BCUT2D eigenvalue weighted by molar-refractivity contribution is 1.08. The first-order valence-corrected chi connectivity index (χ1v) is 10.3. The van der Waals surface area contributed by atoms with Crippen LogP contribution in [0.15, 0.2) is 70.5 Å². The number of hydrogen-bond donors (Lipinski definition) is 0. The molecule has 0 saturated carbocycles. The number of thioether (sulfide) groups is 2. The summed E-state index contributed by atoms with van der Waals surface area (Å²) in [5.74, 6) is 0. The molecule has 0 spiro atoms. The first-order valence-electron chi connectivity index (χ1n) is 8.50. The van der Waals surface area contributed by atoms with Crippen LogP contribution in [0.5, 0.6) is 0 Å². The Labute approximate surface area is 154 Å². The van der Waals surface area contributed by atoms with Gasteiger partial charge in [0.1, 0.15) is 0 Å². The molecule has 0 amide bonds. The van der Waals surface area contributed by atoms with E-state index in [0.29, 0.717) is 10.5 Å². The molecular weight excluding hydrogens is 328 g/mol. The maximum atomic E-state index is 2.27. The topological polar surface area (TPSA) is 0 Å². The molecule has 3 aromatic carbocycles. The largest absolute Gasteiger partial charge is 0.122 e. The van der Waals surface area contributed by atoms with E-state index in [1.807, 2.05) is 23.5 Å². The molecule has 0 bridgehead atoms. The van der Waals surface area contributed by atoms with Crippen molar-refractivity contribution in [2.45, 2.75) is 48.0 Å². The van der Waals surface area contributed by atoms with Crippen molar-refractivity contribution in [3.63, 3.8) is 0 Å². The maximum Gasteiger partial charge on any atom is 0.0289 e. The quantitative estimate of drug-likeness (QED) is 0.436. The van der Waals surface area contributed by atoms with Gasteiger partial charge in [-0.1, -0.05) is 82.3 Å². The lowest BCUT2D eigenvalue weighted by atomic mass is 9.98. The second-order valence-corrected chi connectivity index (χ2v) is 9.70. The molecule has 0 aliphatic heterocycles. The fourth-order valence-electron chi connectivity index (χ4n) is 2.89. The summed E-state index contributed by atoms with van der Waals surface area (Å²) < 4.78 is 0. The first-order chi connectivity index (χ1) is 11.6. The molecule has 2 heteroatoms. The Bertz CT molecular complexity index is 829. The zero-order valence-corrected chi connectivity index (χ0v) is 16.4. The molecule has 0 aliphatic carbocycles. The highest BCUT2D eigenvalue weighted by atomic mass is 32.2. The Balaban J connectivity index is 2.22. The van der Waals surface area contributed by atoms with E-state index < -0.39 is 0 Å². The summed E-state index contributed by atoms with van der Waals surface area (Å²) in [6, 6.07) is 22.0. The van der Waals surface area contributed by atoms with Crippen molar-refractivity contribution >= 4 is 34.3 Å². The minimum atomic E-state index is 0.563. The normalized spacial score (nSPS) is 11.6. The Hall–Kier alpha value is -1.38. The SMILES string of the molecule is CC(C)Sc1cccc(-c2cccc3ccccc23)c1SC(C)C. The average molecular weight is 353 g/mol. The van der Waals surface area contributed by atoms with Crippen LogP contribution < -0.4 is 0 Å². The van der Waals surface area contributed by atoms with Crippen molar-refractivity contribution < 1.29 is 0 Å². The molecular formula is C22H24S2. The van der Waals surface area contributed by atoms with Gasteiger partial charge in [-0.2, -0.15) is 0 Å². The Kier molecular flexibility index (Phi) is 5.57. The molecule has 3 rings (SSSR count). The van der Waals surface area contributed by atoms with Gasteiger partial charge in [0, 0.05) is 20.3 Å². The van der Waals surface area contributed by atoms with Crippen LogP contribution in [0, 0.1) is 0 Å². The zero-order valence-electron chi connectivity index (χ0n) is 14.7. The third-order valence-electron chi connectivity index (χ3n) is 3.77. The van der Waals surface area contributed by atoms with E-state index in [1.165, 1.54) is 31.7 Å². The van der Waals surface area contributed by atoms with E-state index in [-0.39, 0.29) is 0 Å². The van der Waals surface area contributed by atoms with Gasteiger partial charge < -0.3 is 0 Å². The predicted molar refractivity (Wildman–Crippen MR) is 111 cm³/mol. The lowest BCUT2D eigenvalue weighted by Crippen LogP contribution is -1.95. The molecule has 24 heavy (non-hydrogen) atoms. The molecule has 3 aromatic rings. The molecule has 124 valence electrons. The van der Waals surface area contributed by atoms with Crippen molar-refractivity contribution in [3.05, 3.63) is 60.7 Å². The van der Waals surface area contributed by atoms with Gasteiger partial charge in [-0.05, 0) is 28.0 Å². The van der Waals surface area contributed by atoms with Crippen molar-refractivity contribution in [2.75, 3.05) is 0 Å². The van der Waals surface area contributed by atoms with Crippen LogP contribution in [0.4, 0.5) is 0 Å². The predicted octanol–water partition coefficient (Wildman–Crippen LogP) is 7.51. The fraction of sp³-hybridized carbons (Fsp3) is 0.273. The van der Waals surface area contributed by atoms with Gasteiger partial charge in [0.2, 0.25) is 0 Å². The number of rotatable bonds is 5. The Morgan fingerprint density at radius 1 is 0.625 bits per heavy atom. The molecule has 0 atom stereocenters. The number of fused-ring (bicyclic) bond motifs is 1. The molecule has 0 saturated heterocycles. The van der Waals surface area contributed by atoms with Gasteiger partial charge in [-0.15, -0.1) is 23.5 Å². The molecule has 0 fully saturated rings. The van der Waals surface area contributed by atoms with Crippen LogP contribution in [-0.4, -0.2) is 10.5 Å². The van der Waals surface area contributed by atoms with E-state index in [4.69, 9.17) is 0 Å². The summed E-state index contributed by atoms with van der Waals surface area (Å²) in [5, 5.41) is 3.78. The molecule has 0 radical (unpaired) electrons. The third kappa shape index (κ3) is 3.81. The van der Waals surface area contributed by atoms with E-state index in [2.05, 4.69) is 88.4 Å². The summed E-state index contributed by atoms with van der Waals surface area (Å²) in [6.45, 7) is 9.07. The average Bonchev–Trinajstić information content (AvgIpc) is 2.55. The Morgan fingerprint density at radius 2 is 1.25 bits per heavy atom. The summed E-state index contributed by atoms with van der Waals surface area (Å²) in [5.41, 5.74) is 2.69. The number of hydrogen-bond acceptors (Lipinski definition) is 2. The highest BCUT2D eigenvalue weighted by Crippen LogP contribution is 2.43. The second kappa shape index (κ2) is 7.67. The standard InChI is InChI=1S/C22H24S2/c1-15(2)23-21-14-8-13-20(22(21)24-16(3)4)19-12-7-10-17-9-5-6-11-18(17)19/h5-16H,1-4H3. The monoisotopic (exact) mass is 352 g/mol. The van der Waals surface area contributed by atoms with Crippen LogP contribution >= 0.6 is 23.5 Å². The fourth-order valence-corrected chi connectivity index (χ4v) is 5.02. The van der Waals surface area contributed by atoms with Gasteiger partial charge in [-0.25, -0.2) is 0 Å². The van der Waals surface area contributed by atoms with E-state index >= 15 is 0 Å². The van der Waals surface area contributed by atoms with Gasteiger partial charge in [0.15, 0.2) is 0 Å².